The highest BCUT2D eigenvalue weighted by Crippen LogP contribution is 2.28. The van der Waals surface area contributed by atoms with Crippen molar-refractivity contribution in [2.24, 2.45) is 0 Å². The molecule has 1 aromatic carbocycles. The Hall–Kier alpha value is -2.48. The molecule has 0 saturated carbocycles. The van der Waals surface area contributed by atoms with Crippen LogP contribution in [-0.2, 0) is 0 Å². The predicted octanol–water partition coefficient (Wildman–Crippen LogP) is 5.10. The molecule has 0 spiro atoms. The summed E-state index contributed by atoms with van der Waals surface area (Å²) in [5.41, 5.74) is 2.20. The van der Waals surface area contributed by atoms with Crippen molar-refractivity contribution in [3.8, 4) is 6.07 Å². The summed E-state index contributed by atoms with van der Waals surface area (Å²) >= 11 is 2.99. The van der Waals surface area contributed by atoms with Gasteiger partial charge in [-0.25, -0.2) is 0 Å². The Balaban J connectivity index is 2.03. The number of nitriles is 1. The van der Waals surface area contributed by atoms with Gasteiger partial charge in [0.15, 0.2) is 0 Å². The minimum atomic E-state index is 0.0295. The number of benzene rings is 1. The Morgan fingerprint density at radius 3 is 2.14 bits per heavy atom. The summed E-state index contributed by atoms with van der Waals surface area (Å²) < 4.78 is 0. The van der Waals surface area contributed by atoms with Crippen LogP contribution in [0.5, 0.6) is 0 Å². The third-order valence-electron chi connectivity index (χ3n) is 3.13. The number of rotatable bonds is 4. The third-order valence-corrected chi connectivity index (χ3v) is 4.90. The maximum atomic E-state index is 12.7. The lowest BCUT2D eigenvalue weighted by Gasteiger charge is -2.04. The van der Waals surface area contributed by atoms with Crippen molar-refractivity contribution in [3.63, 3.8) is 0 Å². The van der Waals surface area contributed by atoms with Crippen molar-refractivity contribution in [2.45, 2.75) is 0 Å². The number of hydrogen-bond acceptors (Lipinski definition) is 4. The highest BCUT2D eigenvalue weighted by molar-refractivity contribution is 7.14. The lowest BCUT2D eigenvalue weighted by molar-refractivity contribution is 0.106. The van der Waals surface area contributed by atoms with E-state index in [1.807, 2.05) is 53.2 Å². The molecule has 2 nitrogen and oxygen atoms in total. The van der Waals surface area contributed by atoms with Crippen molar-refractivity contribution >= 4 is 40.1 Å². The molecule has 0 atom stereocenters. The second-order valence-electron chi connectivity index (χ2n) is 4.58. The maximum absolute atomic E-state index is 12.7. The van der Waals surface area contributed by atoms with E-state index in [-0.39, 0.29) is 5.78 Å². The molecule has 0 bridgehead atoms. The second kappa shape index (κ2) is 6.52. The van der Waals surface area contributed by atoms with Crippen molar-refractivity contribution in [1.29, 1.82) is 5.26 Å². The Morgan fingerprint density at radius 1 is 0.955 bits per heavy atom. The number of carbonyl (C=O) groups excluding carboxylic acids is 1. The minimum Gasteiger partial charge on any atom is -0.288 e. The van der Waals surface area contributed by atoms with E-state index in [0.717, 1.165) is 15.3 Å². The normalized spacial score (nSPS) is 11.1. The van der Waals surface area contributed by atoms with E-state index in [4.69, 9.17) is 5.26 Å². The SMILES string of the molecule is N#Cc1ccc(C=C(C(=O)c2cccs2)c2cccs2)cc1. The quantitative estimate of drug-likeness (QED) is 0.495. The number of nitrogens with zero attached hydrogens (tertiary/aromatic N) is 1. The molecule has 4 heteroatoms. The average Bonchev–Trinajstić information content (AvgIpc) is 3.25. The van der Waals surface area contributed by atoms with Gasteiger partial charge in [0.2, 0.25) is 5.78 Å². The summed E-state index contributed by atoms with van der Waals surface area (Å²) in [6.07, 6.45) is 1.88. The molecule has 3 aromatic rings. The Labute approximate surface area is 136 Å². The van der Waals surface area contributed by atoms with Crippen LogP contribution in [0.2, 0.25) is 0 Å². The molecule has 0 radical (unpaired) electrons. The van der Waals surface area contributed by atoms with Gasteiger partial charge in [0, 0.05) is 10.5 Å². The Kier molecular flexibility index (Phi) is 4.29. The van der Waals surface area contributed by atoms with E-state index >= 15 is 0 Å². The molecule has 0 unspecified atom stereocenters. The molecule has 0 aliphatic heterocycles. The molecule has 2 heterocycles. The van der Waals surface area contributed by atoms with Crippen molar-refractivity contribution in [3.05, 3.63) is 80.2 Å². The molecule has 0 N–H and O–H groups in total. The van der Waals surface area contributed by atoms with Crippen molar-refractivity contribution in [1.82, 2.24) is 0 Å². The van der Waals surface area contributed by atoms with Gasteiger partial charge in [0.25, 0.3) is 0 Å². The lowest BCUT2D eigenvalue weighted by Crippen LogP contribution is -1.99. The van der Waals surface area contributed by atoms with Crippen LogP contribution in [0.15, 0.2) is 59.3 Å². The predicted molar refractivity (Wildman–Crippen MR) is 92.0 cm³/mol. The molecule has 0 aliphatic rings. The van der Waals surface area contributed by atoms with Gasteiger partial charge in [-0.15, -0.1) is 22.7 Å². The number of hydrogen-bond donors (Lipinski definition) is 0. The maximum Gasteiger partial charge on any atom is 0.204 e. The van der Waals surface area contributed by atoms with Gasteiger partial charge >= 0.3 is 0 Å². The summed E-state index contributed by atoms with van der Waals surface area (Å²) in [4.78, 5) is 14.4. The molecule has 0 fully saturated rings. The number of thiophene rings is 2. The number of Topliss-reactive ketones (excluding diaryl/α,β-unsaturated/α-hetero) is 1. The number of ketones is 1. The van der Waals surface area contributed by atoms with Gasteiger partial charge in [-0.05, 0) is 46.7 Å². The molecule has 106 valence electrons. The first-order valence-electron chi connectivity index (χ1n) is 6.62. The first kappa shape index (κ1) is 14.5. The van der Waals surface area contributed by atoms with E-state index in [1.165, 1.54) is 11.3 Å². The average molecular weight is 321 g/mol. The molecule has 22 heavy (non-hydrogen) atoms. The number of carbonyl (C=O) groups is 1. The van der Waals surface area contributed by atoms with E-state index in [9.17, 15) is 4.79 Å². The highest BCUT2D eigenvalue weighted by Gasteiger charge is 2.16. The summed E-state index contributed by atoms with van der Waals surface area (Å²) in [5.74, 6) is 0.0295. The van der Waals surface area contributed by atoms with Crippen LogP contribution in [0.3, 0.4) is 0 Å². The molecule has 0 saturated heterocycles. The monoisotopic (exact) mass is 321 g/mol. The van der Waals surface area contributed by atoms with Crippen LogP contribution in [0.4, 0.5) is 0 Å². The molecule has 2 aromatic heterocycles. The fraction of sp³-hybridized carbons (Fsp3) is 0. The first-order chi connectivity index (χ1) is 10.8. The zero-order valence-electron chi connectivity index (χ0n) is 11.5. The molecular weight excluding hydrogens is 310 g/mol. The zero-order chi connectivity index (χ0) is 15.4. The lowest BCUT2D eigenvalue weighted by atomic mass is 10.0. The first-order valence-corrected chi connectivity index (χ1v) is 8.38. The van der Waals surface area contributed by atoms with E-state index in [2.05, 4.69) is 6.07 Å². The molecule has 0 aliphatic carbocycles. The molecular formula is C18H11NOS2. The van der Waals surface area contributed by atoms with Gasteiger partial charge in [0.05, 0.1) is 16.5 Å². The van der Waals surface area contributed by atoms with Crippen LogP contribution in [-0.4, -0.2) is 5.78 Å². The second-order valence-corrected chi connectivity index (χ2v) is 6.47. The van der Waals surface area contributed by atoms with Gasteiger partial charge in [0.1, 0.15) is 0 Å². The van der Waals surface area contributed by atoms with E-state index in [0.29, 0.717) is 11.1 Å². The molecule has 3 rings (SSSR count). The van der Waals surface area contributed by atoms with Gasteiger partial charge in [-0.2, -0.15) is 5.26 Å². The number of allylic oxidation sites excluding steroid dienone is 1. The summed E-state index contributed by atoms with van der Waals surface area (Å²) in [6, 6.07) is 16.9. The van der Waals surface area contributed by atoms with Crippen molar-refractivity contribution < 1.29 is 4.79 Å². The molecule has 0 amide bonds. The fourth-order valence-corrected chi connectivity index (χ4v) is 3.46. The van der Waals surface area contributed by atoms with Gasteiger partial charge in [-0.1, -0.05) is 24.3 Å². The Morgan fingerprint density at radius 2 is 1.59 bits per heavy atom. The smallest absolute Gasteiger partial charge is 0.204 e. The third kappa shape index (κ3) is 3.06. The van der Waals surface area contributed by atoms with Crippen molar-refractivity contribution in [2.75, 3.05) is 0 Å². The summed E-state index contributed by atoms with van der Waals surface area (Å²) in [5, 5.41) is 12.7. The van der Waals surface area contributed by atoms with Crippen LogP contribution < -0.4 is 0 Å². The summed E-state index contributed by atoms with van der Waals surface area (Å²) in [6.45, 7) is 0. The Bertz CT molecular complexity index is 836. The topological polar surface area (TPSA) is 40.9 Å². The zero-order valence-corrected chi connectivity index (χ0v) is 13.2. The standard InChI is InChI=1S/C18H11NOS2/c19-12-14-7-5-13(6-8-14)11-15(16-3-1-9-21-16)18(20)17-4-2-10-22-17/h1-11H. The van der Waals surface area contributed by atoms with Crippen LogP contribution >= 0.6 is 22.7 Å². The van der Waals surface area contributed by atoms with Gasteiger partial charge < -0.3 is 0 Å². The van der Waals surface area contributed by atoms with Crippen LogP contribution in [0.25, 0.3) is 11.6 Å². The summed E-state index contributed by atoms with van der Waals surface area (Å²) in [7, 11) is 0. The minimum absolute atomic E-state index is 0.0295. The van der Waals surface area contributed by atoms with Crippen LogP contribution in [0, 0.1) is 11.3 Å². The highest BCUT2D eigenvalue weighted by atomic mass is 32.1. The van der Waals surface area contributed by atoms with E-state index in [1.54, 1.807) is 23.5 Å². The largest absolute Gasteiger partial charge is 0.288 e. The van der Waals surface area contributed by atoms with Crippen LogP contribution in [0.1, 0.15) is 25.7 Å². The fourth-order valence-electron chi connectivity index (χ4n) is 2.04. The van der Waals surface area contributed by atoms with E-state index < -0.39 is 0 Å². The van der Waals surface area contributed by atoms with Gasteiger partial charge in [-0.3, -0.25) is 4.79 Å².